The van der Waals surface area contributed by atoms with Gasteiger partial charge in [-0.05, 0) is 77.0 Å². The second-order valence-corrected chi connectivity index (χ2v) is 13.2. The molecule has 0 saturated heterocycles. The van der Waals surface area contributed by atoms with E-state index in [2.05, 4.69) is 145 Å². The maximum Gasteiger partial charge on any atom is 0.154 e. The van der Waals surface area contributed by atoms with E-state index in [4.69, 9.17) is 10.4 Å². The summed E-state index contributed by atoms with van der Waals surface area (Å²) in [4.78, 5) is 4.81. The highest BCUT2D eigenvalue weighted by Gasteiger charge is 2.16. The third-order valence-corrected chi connectivity index (χ3v) is 10.0. The van der Waals surface area contributed by atoms with Crippen molar-refractivity contribution in [3.05, 3.63) is 205 Å². The van der Waals surface area contributed by atoms with Crippen LogP contribution in [0.15, 0.2) is 193 Å². The van der Waals surface area contributed by atoms with Crippen molar-refractivity contribution in [1.29, 1.82) is 5.41 Å². The summed E-state index contributed by atoms with van der Waals surface area (Å²) in [7, 11) is 0. The Morgan fingerprint density at radius 1 is 0.442 bits per heavy atom. The summed E-state index contributed by atoms with van der Waals surface area (Å²) in [5, 5.41) is 22.4. The summed E-state index contributed by atoms with van der Waals surface area (Å²) < 4.78 is 0. The number of hydrogen-bond donors (Lipinski definition) is 2. The summed E-state index contributed by atoms with van der Waals surface area (Å²) >= 11 is 0. The van der Waals surface area contributed by atoms with Gasteiger partial charge in [-0.3, -0.25) is 5.41 Å². The number of fused-ring (bicyclic) bond motifs is 7. The minimum atomic E-state index is 0.216. The van der Waals surface area contributed by atoms with Crippen molar-refractivity contribution in [3.63, 3.8) is 0 Å². The highest BCUT2D eigenvalue weighted by atomic mass is 15.0. The molecular weight excluding hydrogens is 631 g/mol. The van der Waals surface area contributed by atoms with Crippen LogP contribution in [-0.4, -0.2) is 11.7 Å². The summed E-state index contributed by atoms with van der Waals surface area (Å²) in [6.45, 7) is 0.600. The van der Waals surface area contributed by atoms with Crippen LogP contribution in [0.1, 0.15) is 16.7 Å². The van der Waals surface area contributed by atoms with Crippen LogP contribution in [0.5, 0.6) is 0 Å². The number of hydrogen-bond acceptors (Lipinski definition) is 1. The maximum absolute atomic E-state index is 8.81. The number of aliphatic imine (C=N–C) groups is 1. The van der Waals surface area contributed by atoms with Gasteiger partial charge in [0, 0.05) is 17.7 Å². The van der Waals surface area contributed by atoms with E-state index < -0.39 is 0 Å². The maximum atomic E-state index is 8.81. The summed E-state index contributed by atoms with van der Waals surface area (Å²) in [5.41, 5.74) is 7.53. The van der Waals surface area contributed by atoms with E-state index in [1.807, 2.05) is 48.5 Å². The molecule has 2 N–H and O–H groups in total. The fraction of sp³-hybridized carbons (Fsp3) is 0.0204. The monoisotopic (exact) mass is 665 g/mol. The van der Waals surface area contributed by atoms with Gasteiger partial charge >= 0.3 is 0 Å². The van der Waals surface area contributed by atoms with Crippen LogP contribution >= 0.6 is 0 Å². The second-order valence-electron chi connectivity index (χ2n) is 13.2. The zero-order chi connectivity index (χ0) is 34.9. The molecule has 0 aliphatic heterocycles. The molecule has 0 aliphatic rings. The first-order chi connectivity index (χ1) is 25.7. The topological polar surface area (TPSA) is 48.2 Å². The predicted octanol–water partition coefficient (Wildman–Crippen LogP) is 12.2. The van der Waals surface area contributed by atoms with Gasteiger partial charge < -0.3 is 5.32 Å². The fourth-order valence-electron chi connectivity index (χ4n) is 7.45. The van der Waals surface area contributed by atoms with E-state index in [9.17, 15) is 0 Å². The molecule has 3 nitrogen and oxygen atoms in total. The Kier molecular flexibility index (Phi) is 8.07. The van der Waals surface area contributed by atoms with Crippen molar-refractivity contribution in [2.75, 3.05) is 0 Å². The molecule has 0 aliphatic carbocycles. The first-order valence-electron chi connectivity index (χ1n) is 17.7. The van der Waals surface area contributed by atoms with Crippen molar-refractivity contribution >= 4 is 54.8 Å². The molecular formula is C49H35N3. The zero-order valence-electron chi connectivity index (χ0n) is 28.6. The van der Waals surface area contributed by atoms with Gasteiger partial charge in [0.1, 0.15) is 5.84 Å². The lowest BCUT2D eigenvalue weighted by atomic mass is 9.87. The van der Waals surface area contributed by atoms with E-state index >= 15 is 0 Å². The smallest absolute Gasteiger partial charge is 0.154 e. The van der Waals surface area contributed by atoms with Crippen molar-refractivity contribution in [1.82, 2.24) is 5.32 Å². The first kappa shape index (κ1) is 31.2. The normalized spacial score (nSPS) is 11.7. The summed E-state index contributed by atoms with van der Waals surface area (Å²) in [6.07, 6.45) is 0. The van der Waals surface area contributed by atoms with Gasteiger partial charge in [-0.1, -0.05) is 182 Å². The van der Waals surface area contributed by atoms with Crippen molar-refractivity contribution in [2.24, 2.45) is 4.99 Å². The van der Waals surface area contributed by atoms with E-state index in [1.165, 1.54) is 59.8 Å². The lowest BCUT2D eigenvalue weighted by Gasteiger charge is -2.17. The Bertz CT molecular complexity index is 2750. The SMILES string of the molecule is N=C(N=C(NCc1ccccc1)c1ccc(-c2c(-c3ccc4c5ccccc5c5ccccc5c4c3)ccc3ccccc23)cc1)c1ccccc1. The second kappa shape index (κ2) is 13.5. The molecule has 0 heterocycles. The highest BCUT2D eigenvalue weighted by molar-refractivity contribution is 6.26. The number of amidine groups is 2. The van der Waals surface area contributed by atoms with E-state index in [0.717, 1.165) is 22.3 Å². The van der Waals surface area contributed by atoms with Gasteiger partial charge in [-0.2, -0.15) is 0 Å². The van der Waals surface area contributed by atoms with Gasteiger partial charge in [0.2, 0.25) is 0 Å². The molecule has 0 unspecified atom stereocenters. The van der Waals surface area contributed by atoms with Crippen LogP contribution in [0.3, 0.4) is 0 Å². The number of nitrogens with one attached hydrogen (secondary N) is 2. The van der Waals surface area contributed by atoms with Crippen molar-refractivity contribution in [3.8, 4) is 22.3 Å². The quantitative estimate of drug-likeness (QED) is 0.104. The van der Waals surface area contributed by atoms with Crippen LogP contribution in [0.25, 0.3) is 65.3 Å². The molecule has 0 bridgehead atoms. The highest BCUT2D eigenvalue weighted by Crippen LogP contribution is 2.42. The standard InChI is InChI=1S/C49H35N3/c50-48(36-16-5-2-6-17-36)52-49(51-32-33-13-3-1-4-14-33)37-25-23-35(24-26-37)47-39-18-8-7-15-34(39)27-29-40(47)38-28-30-45-43-21-10-9-19-41(43)42-20-11-12-22-44(42)46(45)31-38/h1-31H,32H2,(H2,50,51,52). The molecule has 9 rings (SSSR count). The number of nitrogens with zero attached hydrogens (tertiary/aromatic N) is 1. The minimum Gasteiger partial charge on any atom is -0.365 e. The fourth-order valence-corrected chi connectivity index (χ4v) is 7.45. The predicted molar refractivity (Wildman–Crippen MR) is 220 cm³/mol. The van der Waals surface area contributed by atoms with Crippen LogP contribution in [0, 0.1) is 5.41 Å². The molecule has 9 aromatic rings. The van der Waals surface area contributed by atoms with Crippen LogP contribution in [-0.2, 0) is 6.54 Å². The van der Waals surface area contributed by atoms with Crippen molar-refractivity contribution in [2.45, 2.75) is 6.54 Å². The van der Waals surface area contributed by atoms with Gasteiger partial charge in [0.05, 0.1) is 0 Å². The summed E-state index contributed by atoms with van der Waals surface area (Å²) in [6, 6.07) is 66.1. The lowest BCUT2D eigenvalue weighted by molar-refractivity contribution is 0.915. The summed E-state index contributed by atoms with van der Waals surface area (Å²) in [5.74, 6) is 0.879. The number of rotatable bonds is 6. The third-order valence-electron chi connectivity index (χ3n) is 10.0. The first-order valence-corrected chi connectivity index (χ1v) is 17.7. The van der Waals surface area contributed by atoms with Gasteiger partial charge in [-0.15, -0.1) is 0 Å². The molecule has 0 saturated carbocycles. The molecule has 0 aromatic heterocycles. The largest absolute Gasteiger partial charge is 0.365 e. The zero-order valence-corrected chi connectivity index (χ0v) is 28.6. The molecule has 0 fully saturated rings. The third kappa shape index (κ3) is 5.78. The Hall–Kier alpha value is -6.84. The van der Waals surface area contributed by atoms with Crippen LogP contribution in [0.4, 0.5) is 0 Å². The molecule has 246 valence electrons. The van der Waals surface area contributed by atoms with Gasteiger partial charge in [0.15, 0.2) is 5.84 Å². The molecule has 0 atom stereocenters. The van der Waals surface area contributed by atoms with E-state index in [-0.39, 0.29) is 5.84 Å². The molecule has 0 amide bonds. The molecule has 52 heavy (non-hydrogen) atoms. The average Bonchev–Trinajstić information content (AvgIpc) is 3.22. The molecule has 9 aromatic carbocycles. The molecule has 3 heteroatoms. The van der Waals surface area contributed by atoms with Crippen molar-refractivity contribution < 1.29 is 0 Å². The molecule has 0 spiro atoms. The van der Waals surface area contributed by atoms with Crippen LogP contribution < -0.4 is 5.32 Å². The Labute approximate surface area is 303 Å². The minimum absolute atomic E-state index is 0.216. The van der Waals surface area contributed by atoms with E-state index in [0.29, 0.717) is 12.4 Å². The van der Waals surface area contributed by atoms with Crippen LogP contribution in [0.2, 0.25) is 0 Å². The Morgan fingerprint density at radius 3 is 1.65 bits per heavy atom. The average molecular weight is 666 g/mol. The number of benzene rings is 9. The molecule has 0 radical (unpaired) electrons. The van der Waals surface area contributed by atoms with Gasteiger partial charge in [0.25, 0.3) is 0 Å². The Balaban J connectivity index is 1.17. The van der Waals surface area contributed by atoms with Gasteiger partial charge in [-0.25, -0.2) is 4.99 Å². The lowest BCUT2D eigenvalue weighted by Crippen LogP contribution is -2.25. The van der Waals surface area contributed by atoms with E-state index in [1.54, 1.807) is 0 Å². The Morgan fingerprint density at radius 2 is 0.981 bits per heavy atom.